The maximum absolute atomic E-state index is 12.1. The zero-order valence-electron chi connectivity index (χ0n) is 11.4. The second-order valence-corrected chi connectivity index (χ2v) is 4.68. The predicted molar refractivity (Wildman–Crippen MR) is 80.3 cm³/mol. The summed E-state index contributed by atoms with van der Waals surface area (Å²) in [5.41, 5.74) is 3.39. The Morgan fingerprint density at radius 2 is 1.75 bits per heavy atom. The van der Waals surface area contributed by atoms with E-state index in [0.29, 0.717) is 5.56 Å². The fourth-order valence-corrected chi connectivity index (χ4v) is 2.56. The largest absolute Gasteiger partial charge is 0.496 e. The Kier molecular flexibility index (Phi) is 3.03. The maximum atomic E-state index is 12.1. The topological polar surface area (TPSA) is 42.1 Å². The molecule has 0 unspecified atom stereocenters. The molecule has 1 aromatic heterocycles. The number of carbonyl (C=O) groups is 1. The summed E-state index contributed by atoms with van der Waals surface area (Å²) in [6.07, 6.45) is 0. The lowest BCUT2D eigenvalue weighted by Crippen LogP contribution is -1.95. The van der Waals surface area contributed by atoms with Crippen molar-refractivity contribution in [2.75, 3.05) is 7.11 Å². The van der Waals surface area contributed by atoms with Crippen molar-refractivity contribution in [1.29, 1.82) is 0 Å². The highest BCUT2D eigenvalue weighted by Gasteiger charge is 2.18. The highest BCUT2D eigenvalue weighted by molar-refractivity contribution is 6.12. The molecule has 0 aliphatic rings. The zero-order chi connectivity index (χ0) is 14.1. The number of rotatable bonds is 3. The van der Waals surface area contributed by atoms with E-state index in [2.05, 4.69) is 4.98 Å². The molecule has 0 fully saturated rings. The molecule has 1 N–H and O–H groups in total. The Labute approximate surface area is 117 Å². The first kappa shape index (κ1) is 12.5. The summed E-state index contributed by atoms with van der Waals surface area (Å²) in [7, 11) is 1.63. The molecule has 3 aromatic rings. The van der Waals surface area contributed by atoms with Crippen LogP contribution in [0, 0.1) is 0 Å². The number of Topliss-reactive ketones (excluding diaryl/α,β-unsaturated/α-hetero) is 1. The highest BCUT2D eigenvalue weighted by atomic mass is 16.5. The highest BCUT2D eigenvalue weighted by Crippen LogP contribution is 2.35. The van der Waals surface area contributed by atoms with Crippen molar-refractivity contribution in [3.8, 4) is 17.0 Å². The molecule has 0 spiro atoms. The number of hydrogen-bond donors (Lipinski definition) is 1. The maximum Gasteiger partial charge on any atom is 0.162 e. The van der Waals surface area contributed by atoms with Crippen LogP contribution >= 0.6 is 0 Å². The molecular weight excluding hydrogens is 250 g/mol. The van der Waals surface area contributed by atoms with Crippen LogP contribution < -0.4 is 4.74 Å². The normalized spacial score (nSPS) is 10.7. The van der Waals surface area contributed by atoms with Gasteiger partial charge in [-0.3, -0.25) is 4.79 Å². The minimum Gasteiger partial charge on any atom is -0.496 e. The van der Waals surface area contributed by atoms with Gasteiger partial charge in [-0.2, -0.15) is 0 Å². The minimum atomic E-state index is 0.0448. The van der Waals surface area contributed by atoms with Gasteiger partial charge in [0.05, 0.1) is 18.4 Å². The monoisotopic (exact) mass is 265 g/mol. The van der Waals surface area contributed by atoms with E-state index in [1.165, 1.54) is 0 Å². The van der Waals surface area contributed by atoms with E-state index >= 15 is 0 Å². The standard InChI is InChI=1S/C17H15NO2/c1-11(19)16-12-7-3-5-9-14(12)18-17(16)13-8-4-6-10-15(13)20-2/h3-10,18H,1-2H3. The first-order valence-corrected chi connectivity index (χ1v) is 6.47. The summed E-state index contributed by atoms with van der Waals surface area (Å²) in [5.74, 6) is 0.796. The number of ketones is 1. The first-order chi connectivity index (χ1) is 9.72. The van der Waals surface area contributed by atoms with Gasteiger partial charge >= 0.3 is 0 Å². The van der Waals surface area contributed by atoms with Crippen LogP contribution in [0.3, 0.4) is 0 Å². The van der Waals surface area contributed by atoms with Crippen molar-refractivity contribution in [3.05, 3.63) is 54.1 Å². The number of hydrogen-bond acceptors (Lipinski definition) is 2. The number of para-hydroxylation sites is 2. The third-order valence-corrected chi connectivity index (χ3v) is 3.43. The number of benzene rings is 2. The van der Waals surface area contributed by atoms with Gasteiger partial charge in [-0.25, -0.2) is 0 Å². The van der Waals surface area contributed by atoms with Crippen LogP contribution in [0.4, 0.5) is 0 Å². The van der Waals surface area contributed by atoms with Gasteiger partial charge in [0.15, 0.2) is 5.78 Å². The number of ether oxygens (including phenoxy) is 1. The van der Waals surface area contributed by atoms with Gasteiger partial charge in [0.25, 0.3) is 0 Å². The van der Waals surface area contributed by atoms with Crippen molar-refractivity contribution < 1.29 is 9.53 Å². The van der Waals surface area contributed by atoms with Gasteiger partial charge in [0.1, 0.15) is 5.75 Å². The Hall–Kier alpha value is -2.55. The molecule has 2 aromatic carbocycles. The van der Waals surface area contributed by atoms with E-state index in [9.17, 15) is 4.79 Å². The molecular formula is C17H15NO2. The summed E-state index contributed by atoms with van der Waals surface area (Å²) >= 11 is 0. The Balaban J connectivity index is 2.36. The molecule has 20 heavy (non-hydrogen) atoms. The number of H-pyrrole nitrogens is 1. The van der Waals surface area contributed by atoms with Crippen molar-refractivity contribution in [1.82, 2.24) is 4.98 Å². The van der Waals surface area contributed by atoms with Gasteiger partial charge in [-0.15, -0.1) is 0 Å². The molecule has 0 radical (unpaired) electrons. The number of carbonyl (C=O) groups excluding carboxylic acids is 1. The SMILES string of the molecule is COc1ccccc1-c1[nH]c2ccccc2c1C(C)=O. The number of aromatic nitrogens is 1. The Bertz CT molecular complexity index is 787. The van der Waals surface area contributed by atoms with Crippen molar-refractivity contribution in [2.45, 2.75) is 6.92 Å². The molecule has 1 heterocycles. The van der Waals surface area contributed by atoms with Crippen LogP contribution in [0.25, 0.3) is 22.2 Å². The van der Waals surface area contributed by atoms with Gasteiger partial charge in [0.2, 0.25) is 0 Å². The van der Waals surface area contributed by atoms with E-state index in [4.69, 9.17) is 4.74 Å². The molecule has 0 saturated carbocycles. The van der Waals surface area contributed by atoms with Crippen LogP contribution in [0.1, 0.15) is 17.3 Å². The van der Waals surface area contributed by atoms with E-state index in [0.717, 1.165) is 27.9 Å². The number of nitrogens with one attached hydrogen (secondary N) is 1. The average molecular weight is 265 g/mol. The second kappa shape index (κ2) is 4.85. The van der Waals surface area contributed by atoms with Crippen molar-refractivity contribution in [3.63, 3.8) is 0 Å². The quantitative estimate of drug-likeness (QED) is 0.726. The van der Waals surface area contributed by atoms with Gasteiger partial charge in [0, 0.05) is 16.5 Å². The minimum absolute atomic E-state index is 0.0448. The molecule has 0 aliphatic carbocycles. The fraction of sp³-hybridized carbons (Fsp3) is 0.118. The van der Waals surface area contributed by atoms with Crippen LogP contribution in [0.5, 0.6) is 5.75 Å². The van der Waals surface area contributed by atoms with E-state index in [-0.39, 0.29) is 5.78 Å². The second-order valence-electron chi connectivity index (χ2n) is 4.68. The van der Waals surface area contributed by atoms with Crippen LogP contribution in [0.2, 0.25) is 0 Å². The summed E-state index contributed by atoms with van der Waals surface area (Å²) in [5, 5.41) is 0.945. The van der Waals surface area contributed by atoms with Crippen LogP contribution in [-0.4, -0.2) is 17.9 Å². The van der Waals surface area contributed by atoms with E-state index in [1.54, 1.807) is 14.0 Å². The molecule has 0 bridgehead atoms. The Morgan fingerprint density at radius 3 is 2.50 bits per heavy atom. The predicted octanol–water partition coefficient (Wildman–Crippen LogP) is 4.05. The van der Waals surface area contributed by atoms with Gasteiger partial charge in [-0.05, 0) is 25.1 Å². The lowest BCUT2D eigenvalue weighted by molar-refractivity contribution is 0.102. The molecule has 0 saturated heterocycles. The fourth-order valence-electron chi connectivity index (χ4n) is 2.56. The number of methoxy groups -OCH3 is 1. The summed E-state index contributed by atoms with van der Waals surface area (Å²) in [4.78, 5) is 15.4. The smallest absolute Gasteiger partial charge is 0.162 e. The molecule has 100 valence electrons. The lowest BCUT2D eigenvalue weighted by atomic mass is 10.0. The number of aromatic amines is 1. The molecule has 3 rings (SSSR count). The summed E-state index contributed by atoms with van der Waals surface area (Å²) < 4.78 is 5.40. The third-order valence-electron chi connectivity index (χ3n) is 3.43. The van der Waals surface area contributed by atoms with Gasteiger partial charge < -0.3 is 9.72 Å². The van der Waals surface area contributed by atoms with Crippen LogP contribution in [-0.2, 0) is 0 Å². The molecule has 0 aliphatic heterocycles. The zero-order valence-corrected chi connectivity index (χ0v) is 11.4. The van der Waals surface area contributed by atoms with Gasteiger partial charge in [-0.1, -0.05) is 30.3 Å². The first-order valence-electron chi connectivity index (χ1n) is 6.47. The average Bonchev–Trinajstić information content (AvgIpc) is 2.86. The summed E-state index contributed by atoms with van der Waals surface area (Å²) in [6.45, 7) is 1.59. The Morgan fingerprint density at radius 1 is 1.05 bits per heavy atom. The lowest BCUT2D eigenvalue weighted by Gasteiger charge is -2.08. The van der Waals surface area contributed by atoms with E-state index in [1.807, 2.05) is 48.5 Å². The molecule has 3 heteroatoms. The molecule has 0 amide bonds. The molecule has 0 atom stereocenters. The van der Waals surface area contributed by atoms with Crippen molar-refractivity contribution in [2.24, 2.45) is 0 Å². The van der Waals surface area contributed by atoms with Crippen molar-refractivity contribution >= 4 is 16.7 Å². The number of fused-ring (bicyclic) bond motifs is 1. The van der Waals surface area contributed by atoms with E-state index < -0.39 is 0 Å². The molecule has 3 nitrogen and oxygen atoms in total. The third kappa shape index (κ3) is 1.88. The summed E-state index contributed by atoms with van der Waals surface area (Å²) in [6, 6.07) is 15.5. The van der Waals surface area contributed by atoms with Crippen LogP contribution in [0.15, 0.2) is 48.5 Å².